The van der Waals surface area contributed by atoms with E-state index in [0.717, 1.165) is 26.7 Å². The molecule has 146 valence electrons. The minimum absolute atomic E-state index is 0.272. The van der Waals surface area contributed by atoms with Gasteiger partial charge >= 0.3 is 0 Å². The van der Waals surface area contributed by atoms with Gasteiger partial charge in [0.2, 0.25) is 0 Å². The minimum Gasteiger partial charge on any atom is -0.490 e. The number of benzene rings is 2. The SMILES string of the molecule is CC(O)COc1c2c(c(OCC(C)O)c3cc(Br)ccc13)C1CCC2C1C. The number of ether oxygens (including phenoxy) is 2. The average molecular weight is 435 g/mol. The zero-order valence-electron chi connectivity index (χ0n) is 16.0. The Morgan fingerprint density at radius 2 is 1.48 bits per heavy atom. The highest BCUT2D eigenvalue weighted by Crippen LogP contribution is 2.63. The lowest BCUT2D eigenvalue weighted by Gasteiger charge is -2.26. The first kappa shape index (κ1) is 19.0. The lowest BCUT2D eigenvalue weighted by atomic mass is 9.87. The molecule has 4 nitrogen and oxygen atoms in total. The van der Waals surface area contributed by atoms with Crippen molar-refractivity contribution in [3.63, 3.8) is 0 Å². The normalized spacial score (nSPS) is 25.5. The van der Waals surface area contributed by atoms with E-state index in [0.29, 0.717) is 17.8 Å². The van der Waals surface area contributed by atoms with Gasteiger partial charge in [0.05, 0.1) is 12.2 Å². The predicted molar refractivity (Wildman–Crippen MR) is 110 cm³/mol. The van der Waals surface area contributed by atoms with Crippen LogP contribution in [0.2, 0.25) is 0 Å². The third kappa shape index (κ3) is 3.24. The van der Waals surface area contributed by atoms with Crippen LogP contribution in [0.3, 0.4) is 0 Å². The number of aliphatic hydroxyl groups is 2. The third-order valence-electron chi connectivity index (χ3n) is 5.99. The number of hydrogen-bond donors (Lipinski definition) is 2. The molecule has 2 aliphatic carbocycles. The van der Waals surface area contributed by atoms with Crippen LogP contribution in [0.25, 0.3) is 10.8 Å². The van der Waals surface area contributed by atoms with Crippen molar-refractivity contribution in [1.29, 1.82) is 0 Å². The molecule has 2 bridgehead atoms. The van der Waals surface area contributed by atoms with Crippen LogP contribution in [0.1, 0.15) is 56.6 Å². The molecule has 0 aliphatic heterocycles. The van der Waals surface area contributed by atoms with Gasteiger partial charge in [0.25, 0.3) is 0 Å². The molecule has 27 heavy (non-hydrogen) atoms. The van der Waals surface area contributed by atoms with Gasteiger partial charge in [0.1, 0.15) is 24.7 Å². The molecule has 1 saturated carbocycles. The Bertz CT molecular complexity index is 861. The van der Waals surface area contributed by atoms with Crippen LogP contribution in [0, 0.1) is 5.92 Å². The van der Waals surface area contributed by atoms with Crippen molar-refractivity contribution in [3.8, 4) is 11.5 Å². The summed E-state index contributed by atoms with van der Waals surface area (Å²) < 4.78 is 13.3. The molecule has 5 heteroatoms. The molecule has 4 rings (SSSR count). The van der Waals surface area contributed by atoms with Gasteiger partial charge in [-0.2, -0.15) is 0 Å². The second-order valence-electron chi connectivity index (χ2n) is 8.15. The summed E-state index contributed by atoms with van der Waals surface area (Å²) in [5.74, 6) is 3.28. The van der Waals surface area contributed by atoms with Crippen LogP contribution >= 0.6 is 15.9 Å². The van der Waals surface area contributed by atoms with E-state index < -0.39 is 12.2 Å². The van der Waals surface area contributed by atoms with Crippen molar-refractivity contribution in [2.75, 3.05) is 13.2 Å². The minimum atomic E-state index is -0.523. The standard InChI is InChI=1S/C22H27BrO4/c1-11(24)9-26-21-17-5-4-14(23)8-18(17)22(27-10-12(2)25)20-16-7-6-15(13(16)3)19(20)21/h4-5,8,11-13,15-16,24-25H,6-7,9-10H2,1-3H3. The lowest BCUT2D eigenvalue weighted by Crippen LogP contribution is -2.17. The van der Waals surface area contributed by atoms with Crippen LogP contribution in [0.5, 0.6) is 11.5 Å². The first-order valence-corrected chi connectivity index (χ1v) is 10.6. The fourth-order valence-corrected chi connectivity index (χ4v) is 5.23. The van der Waals surface area contributed by atoms with Crippen molar-refractivity contribution < 1.29 is 19.7 Å². The molecule has 2 aromatic carbocycles. The highest BCUT2D eigenvalue weighted by molar-refractivity contribution is 9.10. The Balaban J connectivity index is 1.96. The number of halogens is 1. The van der Waals surface area contributed by atoms with Crippen LogP contribution in [0.4, 0.5) is 0 Å². The van der Waals surface area contributed by atoms with Crippen molar-refractivity contribution in [3.05, 3.63) is 33.8 Å². The molecule has 0 heterocycles. The average Bonchev–Trinajstić information content (AvgIpc) is 3.10. The summed E-state index contributed by atoms with van der Waals surface area (Å²) in [5, 5.41) is 21.6. The van der Waals surface area contributed by atoms with E-state index in [2.05, 4.69) is 35.0 Å². The molecule has 5 atom stereocenters. The molecular weight excluding hydrogens is 408 g/mol. The molecule has 0 radical (unpaired) electrons. The Morgan fingerprint density at radius 1 is 0.963 bits per heavy atom. The van der Waals surface area contributed by atoms with Gasteiger partial charge in [-0.25, -0.2) is 0 Å². The Morgan fingerprint density at radius 3 is 2.00 bits per heavy atom. The summed E-state index contributed by atoms with van der Waals surface area (Å²) in [7, 11) is 0. The molecule has 0 spiro atoms. The first-order valence-electron chi connectivity index (χ1n) is 9.79. The zero-order valence-corrected chi connectivity index (χ0v) is 17.6. The summed E-state index contributed by atoms with van der Waals surface area (Å²) in [6.45, 7) is 6.35. The van der Waals surface area contributed by atoms with E-state index in [-0.39, 0.29) is 13.2 Å². The molecule has 0 aromatic heterocycles. The van der Waals surface area contributed by atoms with E-state index in [9.17, 15) is 10.2 Å². The second kappa shape index (κ2) is 7.26. The number of fused-ring (bicyclic) bond motifs is 6. The van der Waals surface area contributed by atoms with Gasteiger partial charge in [-0.1, -0.05) is 22.9 Å². The van der Waals surface area contributed by atoms with Crippen LogP contribution in [0.15, 0.2) is 22.7 Å². The molecule has 2 aliphatic rings. The zero-order chi connectivity index (χ0) is 19.3. The van der Waals surface area contributed by atoms with Crippen molar-refractivity contribution in [2.24, 2.45) is 5.92 Å². The highest BCUT2D eigenvalue weighted by atomic mass is 79.9. The maximum atomic E-state index is 9.79. The summed E-state index contributed by atoms with van der Waals surface area (Å²) in [6.07, 6.45) is 1.29. The van der Waals surface area contributed by atoms with Gasteiger partial charge in [0, 0.05) is 26.4 Å². The predicted octanol–water partition coefficient (Wildman–Crippen LogP) is 4.73. The van der Waals surface area contributed by atoms with Gasteiger partial charge in [-0.15, -0.1) is 0 Å². The summed E-state index contributed by atoms with van der Waals surface area (Å²) in [5.41, 5.74) is 2.51. The van der Waals surface area contributed by atoms with E-state index in [1.807, 2.05) is 6.07 Å². The van der Waals surface area contributed by atoms with Crippen LogP contribution in [-0.2, 0) is 0 Å². The van der Waals surface area contributed by atoms with E-state index >= 15 is 0 Å². The van der Waals surface area contributed by atoms with E-state index in [1.165, 1.54) is 24.0 Å². The topological polar surface area (TPSA) is 58.9 Å². The first-order chi connectivity index (χ1) is 12.9. The van der Waals surface area contributed by atoms with E-state index in [1.54, 1.807) is 13.8 Å². The summed E-state index contributed by atoms with van der Waals surface area (Å²) >= 11 is 3.58. The van der Waals surface area contributed by atoms with Crippen LogP contribution < -0.4 is 9.47 Å². The van der Waals surface area contributed by atoms with Crippen molar-refractivity contribution >= 4 is 26.7 Å². The Kier molecular flexibility index (Phi) is 5.12. The van der Waals surface area contributed by atoms with Crippen LogP contribution in [-0.4, -0.2) is 35.6 Å². The fraction of sp³-hybridized carbons (Fsp3) is 0.545. The van der Waals surface area contributed by atoms with Gasteiger partial charge in [0.15, 0.2) is 0 Å². The monoisotopic (exact) mass is 434 g/mol. The maximum Gasteiger partial charge on any atom is 0.131 e. The molecule has 0 amide bonds. The largest absolute Gasteiger partial charge is 0.490 e. The number of hydrogen-bond acceptors (Lipinski definition) is 4. The highest BCUT2D eigenvalue weighted by Gasteiger charge is 2.48. The fourth-order valence-electron chi connectivity index (χ4n) is 4.87. The van der Waals surface area contributed by atoms with E-state index in [4.69, 9.17) is 9.47 Å². The molecule has 2 N–H and O–H groups in total. The van der Waals surface area contributed by atoms with Crippen molar-refractivity contribution in [1.82, 2.24) is 0 Å². The Hall–Kier alpha value is -1.30. The molecule has 5 unspecified atom stereocenters. The number of rotatable bonds is 6. The maximum absolute atomic E-state index is 9.79. The molecule has 1 fully saturated rings. The third-order valence-corrected chi connectivity index (χ3v) is 6.48. The Labute approximate surface area is 168 Å². The smallest absolute Gasteiger partial charge is 0.131 e. The van der Waals surface area contributed by atoms with Gasteiger partial charge in [-0.05, 0) is 62.6 Å². The van der Waals surface area contributed by atoms with Gasteiger partial charge in [-0.3, -0.25) is 0 Å². The molecule has 0 saturated heterocycles. The summed E-state index contributed by atoms with van der Waals surface area (Å²) in [6, 6.07) is 6.14. The second-order valence-corrected chi connectivity index (χ2v) is 9.06. The number of aliphatic hydroxyl groups excluding tert-OH is 2. The van der Waals surface area contributed by atoms with Crippen molar-refractivity contribution in [2.45, 2.75) is 57.7 Å². The van der Waals surface area contributed by atoms with Gasteiger partial charge < -0.3 is 19.7 Å². The molecule has 2 aromatic rings. The quantitative estimate of drug-likeness (QED) is 0.689. The summed E-state index contributed by atoms with van der Waals surface area (Å²) in [4.78, 5) is 0. The lowest BCUT2D eigenvalue weighted by molar-refractivity contribution is 0.120. The molecular formula is C22H27BrO4.